The van der Waals surface area contributed by atoms with Crippen molar-refractivity contribution in [2.45, 2.75) is 91.4 Å². The van der Waals surface area contributed by atoms with Gasteiger partial charge in [0.15, 0.2) is 11.6 Å². The molecule has 1 atom stereocenters. The summed E-state index contributed by atoms with van der Waals surface area (Å²) in [6.45, 7) is 6.92. The third-order valence-corrected chi connectivity index (χ3v) is 7.60. The number of carbonyl (C=O) groups is 1. The van der Waals surface area contributed by atoms with Gasteiger partial charge in [-0.3, -0.25) is 0 Å². The molecule has 1 saturated carbocycles. The average Bonchev–Trinajstić information content (AvgIpc) is 2.90. The molecule has 0 N–H and O–H groups in total. The molecule has 0 spiro atoms. The maximum absolute atomic E-state index is 14.5. The SMILES string of the molecule is CCCCCC[C@H]1CC[C@H](COc2ccc(C(=O)Oc3ccc(C[C@@H](C)CC)c(F)c3F)cc2)CC1. The van der Waals surface area contributed by atoms with Gasteiger partial charge in [0.2, 0.25) is 5.82 Å². The van der Waals surface area contributed by atoms with E-state index >= 15 is 0 Å². The van der Waals surface area contributed by atoms with Crippen LogP contribution in [-0.4, -0.2) is 12.6 Å². The second-order valence-electron chi connectivity index (χ2n) is 10.5. The van der Waals surface area contributed by atoms with Crippen LogP contribution in [0, 0.1) is 29.4 Å². The van der Waals surface area contributed by atoms with E-state index in [-0.39, 0.29) is 11.5 Å². The summed E-state index contributed by atoms with van der Waals surface area (Å²) >= 11 is 0. The van der Waals surface area contributed by atoms with Crippen molar-refractivity contribution < 1.29 is 23.0 Å². The lowest BCUT2D eigenvalue weighted by Gasteiger charge is -2.28. The van der Waals surface area contributed by atoms with Crippen LogP contribution in [-0.2, 0) is 6.42 Å². The first-order valence-electron chi connectivity index (χ1n) is 13.8. The fourth-order valence-corrected chi connectivity index (χ4v) is 4.93. The van der Waals surface area contributed by atoms with Crippen molar-refractivity contribution in [3.63, 3.8) is 0 Å². The predicted molar refractivity (Wildman–Crippen MR) is 141 cm³/mol. The van der Waals surface area contributed by atoms with Crippen LogP contribution in [0.4, 0.5) is 8.78 Å². The van der Waals surface area contributed by atoms with Crippen molar-refractivity contribution in [1.29, 1.82) is 0 Å². The van der Waals surface area contributed by atoms with Crippen LogP contribution in [0.15, 0.2) is 36.4 Å². The van der Waals surface area contributed by atoms with Crippen LogP contribution in [0.1, 0.15) is 101 Å². The standard InChI is InChI=1S/C31H42F2O3/c1-4-6-7-8-9-23-10-12-24(13-11-23)21-35-27-17-14-25(15-18-27)31(34)36-28-19-16-26(20-22(3)5-2)29(32)30(28)33/h14-19,22-24H,4-13,20-21H2,1-3H3/t22-,23-,24-/m0/s1. The zero-order valence-electron chi connectivity index (χ0n) is 22.2. The molecule has 0 aliphatic heterocycles. The van der Waals surface area contributed by atoms with Crippen molar-refractivity contribution >= 4 is 5.97 Å². The number of hydrogen-bond donors (Lipinski definition) is 0. The molecule has 0 aromatic heterocycles. The number of carbonyl (C=O) groups excluding carboxylic acids is 1. The van der Waals surface area contributed by atoms with Gasteiger partial charge in [0.1, 0.15) is 5.75 Å². The van der Waals surface area contributed by atoms with E-state index in [1.165, 1.54) is 69.9 Å². The lowest BCUT2D eigenvalue weighted by Crippen LogP contribution is -2.20. The summed E-state index contributed by atoms with van der Waals surface area (Å²) in [6, 6.07) is 9.45. The van der Waals surface area contributed by atoms with E-state index in [2.05, 4.69) is 6.92 Å². The van der Waals surface area contributed by atoms with E-state index < -0.39 is 23.4 Å². The van der Waals surface area contributed by atoms with Gasteiger partial charge in [-0.15, -0.1) is 0 Å². The fourth-order valence-electron chi connectivity index (χ4n) is 4.93. The molecule has 3 nitrogen and oxygen atoms in total. The van der Waals surface area contributed by atoms with Gasteiger partial charge in [-0.2, -0.15) is 4.39 Å². The Bertz CT molecular complexity index is 949. The van der Waals surface area contributed by atoms with Gasteiger partial charge in [0.05, 0.1) is 12.2 Å². The Morgan fingerprint density at radius 2 is 1.61 bits per heavy atom. The van der Waals surface area contributed by atoms with Gasteiger partial charge in [0, 0.05) is 0 Å². The van der Waals surface area contributed by atoms with Crippen molar-refractivity contribution in [3.8, 4) is 11.5 Å². The largest absolute Gasteiger partial charge is 0.493 e. The molecular formula is C31H42F2O3. The lowest BCUT2D eigenvalue weighted by molar-refractivity contribution is 0.0726. The molecule has 36 heavy (non-hydrogen) atoms. The van der Waals surface area contributed by atoms with E-state index in [1.807, 2.05) is 13.8 Å². The Morgan fingerprint density at radius 1 is 0.917 bits per heavy atom. The highest BCUT2D eigenvalue weighted by Crippen LogP contribution is 2.32. The van der Waals surface area contributed by atoms with E-state index in [0.29, 0.717) is 30.3 Å². The zero-order valence-corrected chi connectivity index (χ0v) is 22.2. The minimum Gasteiger partial charge on any atom is -0.493 e. The number of benzene rings is 2. The highest BCUT2D eigenvalue weighted by atomic mass is 19.2. The highest BCUT2D eigenvalue weighted by molar-refractivity contribution is 5.91. The maximum Gasteiger partial charge on any atom is 0.343 e. The van der Waals surface area contributed by atoms with Gasteiger partial charge < -0.3 is 9.47 Å². The van der Waals surface area contributed by atoms with E-state index in [1.54, 1.807) is 24.3 Å². The Morgan fingerprint density at radius 3 is 2.28 bits per heavy atom. The molecule has 1 fully saturated rings. The van der Waals surface area contributed by atoms with E-state index in [0.717, 1.165) is 12.3 Å². The first-order valence-corrected chi connectivity index (χ1v) is 13.8. The third kappa shape index (κ3) is 8.31. The number of unbranched alkanes of at least 4 members (excludes halogenated alkanes) is 3. The molecule has 2 aromatic carbocycles. The average molecular weight is 501 g/mol. The van der Waals surface area contributed by atoms with Crippen molar-refractivity contribution in [3.05, 3.63) is 59.2 Å². The molecule has 1 aliphatic carbocycles. The smallest absolute Gasteiger partial charge is 0.343 e. The molecular weight excluding hydrogens is 458 g/mol. The summed E-state index contributed by atoms with van der Waals surface area (Å²) in [5, 5.41) is 0. The molecule has 0 bridgehead atoms. The summed E-state index contributed by atoms with van der Waals surface area (Å²) in [7, 11) is 0. The summed E-state index contributed by atoms with van der Waals surface area (Å²) in [6.07, 6.45) is 13.0. The monoisotopic (exact) mass is 500 g/mol. The molecule has 0 heterocycles. The van der Waals surface area contributed by atoms with Crippen LogP contribution in [0.5, 0.6) is 11.5 Å². The van der Waals surface area contributed by atoms with Crippen LogP contribution in [0.3, 0.4) is 0 Å². The molecule has 0 unspecified atom stereocenters. The Kier molecular flexibility index (Phi) is 11.2. The molecule has 198 valence electrons. The third-order valence-electron chi connectivity index (χ3n) is 7.60. The minimum atomic E-state index is -1.13. The first-order chi connectivity index (χ1) is 17.4. The first kappa shape index (κ1) is 28.1. The summed E-state index contributed by atoms with van der Waals surface area (Å²) in [5.41, 5.74) is 0.554. The summed E-state index contributed by atoms with van der Waals surface area (Å²) in [5.74, 6) is -0.822. The van der Waals surface area contributed by atoms with Crippen LogP contribution < -0.4 is 9.47 Å². The van der Waals surface area contributed by atoms with Gasteiger partial charge in [-0.25, -0.2) is 9.18 Å². The molecule has 2 aromatic rings. The van der Waals surface area contributed by atoms with Crippen LogP contribution >= 0.6 is 0 Å². The molecule has 3 rings (SSSR count). The van der Waals surface area contributed by atoms with Gasteiger partial charge >= 0.3 is 5.97 Å². The van der Waals surface area contributed by atoms with Crippen molar-refractivity contribution in [2.24, 2.45) is 17.8 Å². The number of rotatable bonds is 13. The fraction of sp³-hybridized carbons (Fsp3) is 0.581. The molecule has 1 aliphatic rings. The topological polar surface area (TPSA) is 35.5 Å². The number of halogens is 2. The van der Waals surface area contributed by atoms with E-state index in [4.69, 9.17) is 9.47 Å². The van der Waals surface area contributed by atoms with Gasteiger partial charge in [-0.05, 0) is 72.9 Å². The lowest BCUT2D eigenvalue weighted by atomic mass is 9.80. The summed E-state index contributed by atoms with van der Waals surface area (Å²) in [4.78, 5) is 12.5. The van der Waals surface area contributed by atoms with E-state index in [9.17, 15) is 13.6 Å². The quantitative estimate of drug-likeness (QED) is 0.156. The molecule has 5 heteroatoms. The highest BCUT2D eigenvalue weighted by Gasteiger charge is 2.22. The van der Waals surface area contributed by atoms with Gasteiger partial charge in [-0.1, -0.05) is 78.2 Å². The molecule has 0 radical (unpaired) electrons. The number of esters is 1. The van der Waals surface area contributed by atoms with Gasteiger partial charge in [0.25, 0.3) is 0 Å². The second-order valence-corrected chi connectivity index (χ2v) is 10.5. The molecule has 0 amide bonds. The number of hydrogen-bond acceptors (Lipinski definition) is 3. The molecule has 0 saturated heterocycles. The van der Waals surface area contributed by atoms with Crippen LogP contribution in [0.2, 0.25) is 0 Å². The zero-order chi connectivity index (χ0) is 25.9. The maximum atomic E-state index is 14.5. The Labute approximate surface area is 215 Å². The second kappa shape index (κ2) is 14.3. The van der Waals surface area contributed by atoms with Crippen LogP contribution in [0.25, 0.3) is 0 Å². The van der Waals surface area contributed by atoms with Crippen molar-refractivity contribution in [1.82, 2.24) is 0 Å². The number of ether oxygens (including phenoxy) is 2. The predicted octanol–water partition coefficient (Wildman–Crippen LogP) is 8.93. The summed E-state index contributed by atoms with van der Waals surface area (Å²) < 4.78 is 40.0. The minimum absolute atomic E-state index is 0.239. The normalized spacial score (nSPS) is 18.6. The Balaban J connectivity index is 1.45. The van der Waals surface area contributed by atoms with Crippen molar-refractivity contribution in [2.75, 3.05) is 6.61 Å². The Hall–Kier alpha value is -2.43.